The Morgan fingerprint density at radius 3 is 2.54 bits per heavy atom. The lowest BCUT2D eigenvalue weighted by Gasteiger charge is -2.36. The lowest BCUT2D eigenvalue weighted by atomic mass is 9.99. The molecule has 3 aromatic rings. The van der Waals surface area contributed by atoms with E-state index in [4.69, 9.17) is 4.74 Å². The third kappa shape index (κ3) is 6.55. The van der Waals surface area contributed by atoms with Gasteiger partial charge in [0.1, 0.15) is 17.4 Å². The summed E-state index contributed by atoms with van der Waals surface area (Å²) >= 11 is 0. The van der Waals surface area contributed by atoms with E-state index in [0.717, 1.165) is 11.4 Å². The van der Waals surface area contributed by atoms with Crippen LogP contribution < -0.4 is 15.0 Å². The first-order valence-electron chi connectivity index (χ1n) is 13.4. The number of nitrogens with zero attached hydrogens (tertiary/aromatic N) is 4. The smallest absolute Gasteiger partial charge is 0.401 e. The fourth-order valence-electron chi connectivity index (χ4n) is 5.08. The Balaban J connectivity index is 1.35. The van der Waals surface area contributed by atoms with Crippen LogP contribution in [0.15, 0.2) is 71.1 Å². The summed E-state index contributed by atoms with van der Waals surface area (Å²) in [5.41, 5.74) is 3.20. The highest BCUT2D eigenvalue weighted by atomic mass is 19.4. The zero-order valence-corrected chi connectivity index (χ0v) is 22.7. The topological polar surface area (TPSA) is 79.7 Å². The Kier molecular flexibility index (Phi) is 8.03. The maximum Gasteiger partial charge on any atom is 0.401 e. The molecule has 1 unspecified atom stereocenters. The van der Waals surface area contributed by atoms with Gasteiger partial charge in [0.05, 0.1) is 6.54 Å². The van der Waals surface area contributed by atoms with Gasteiger partial charge < -0.3 is 19.9 Å². The van der Waals surface area contributed by atoms with Crippen LogP contribution in [0.4, 0.5) is 28.9 Å². The van der Waals surface area contributed by atoms with Crippen molar-refractivity contribution in [1.82, 2.24) is 9.88 Å². The van der Waals surface area contributed by atoms with Crippen LogP contribution in [0, 0.1) is 30.0 Å². The van der Waals surface area contributed by atoms with Crippen molar-refractivity contribution in [2.75, 3.05) is 42.9 Å². The van der Waals surface area contributed by atoms with E-state index < -0.39 is 18.5 Å². The van der Waals surface area contributed by atoms with Crippen LogP contribution in [0.25, 0.3) is 10.9 Å². The number of nitrogens with one attached hydrogen (secondary N) is 2. The molecule has 41 heavy (non-hydrogen) atoms. The van der Waals surface area contributed by atoms with Crippen LogP contribution in [-0.4, -0.2) is 54.6 Å². The monoisotopic (exact) mass is 566 g/mol. The molecule has 0 radical (unpaired) electrons. The number of benzene rings is 2. The van der Waals surface area contributed by atoms with Gasteiger partial charge in [-0.2, -0.15) is 18.4 Å². The minimum atomic E-state index is -4.20. The molecule has 1 atom stereocenters. The Hall–Kier alpha value is -4.30. The number of aromatic amines is 1. The maximum atomic E-state index is 15.3. The first-order valence-corrected chi connectivity index (χ1v) is 13.4. The molecule has 0 amide bonds. The second kappa shape index (κ2) is 11.7. The van der Waals surface area contributed by atoms with Gasteiger partial charge in [0.2, 0.25) is 0 Å². The molecule has 5 rings (SSSR count). The van der Waals surface area contributed by atoms with Gasteiger partial charge in [-0.15, -0.1) is 0 Å². The van der Waals surface area contributed by atoms with Gasteiger partial charge in [-0.3, -0.25) is 4.90 Å². The molecule has 11 heteroatoms. The second-order valence-corrected chi connectivity index (χ2v) is 10.3. The summed E-state index contributed by atoms with van der Waals surface area (Å²) in [5, 5.41) is 13.8. The van der Waals surface area contributed by atoms with E-state index in [0.29, 0.717) is 54.9 Å². The van der Waals surface area contributed by atoms with Gasteiger partial charge in [0.25, 0.3) is 0 Å². The van der Waals surface area contributed by atoms with Gasteiger partial charge in [0, 0.05) is 66.3 Å². The molecule has 0 bridgehead atoms. The first kappa shape index (κ1) is 28.2. The van der Waals surface area contributed by atoms with Gasteiger partial charge in [-0.1, -0.05) is 13.0 Å². The van der Waals surface area contributed by atoms with Gasteiger partial charge >= 0.3 is 6.18 Å². The van der Waals surface area contributed by atoms with Crippen molar-refractivity contribution < 1.29 is 22.3 Å². The number of allylic oxidation sites excluding steroid dienone is 2. The molecule has 2 N–H and O–H groups in total. The number of aliphatic imine (C=N–C) groups is 1. The molecule has 7 nitrogen and oxygen atoms in total. The highest BCUT2D eigenvalue weighted by Gasteiger charge is 2.32. The third-order valence-corrected chi connectivity index (χ3v) is 7.17. The molecule has 2 aliphatic rings. The van der Waals surface area contributed by atoms with Gasteiger partial charge in [-0.05, 0) is 55.8 Å². The molecule has 1 fully saturated rings. The third-order valence-electron chi connectivity index (χ3n) is 7.17. The Bertz CT molecular complexity index is 1540. The van der Waals surface area contributed by atoms with E-state index in [-0.39, 0.29) is 23.1 Å². The van der Waals surface area contributed by atoms with Crippen molar-refractivity contribution in [2.45, 2.75) is 26.4 Å². The summed E-state index contributed by atoms with van der Waals surface area (Å²) in [6, 6.07) is 14.6. The molecule has 2 aromatic carbocycles. The van der Waals surface area contributed by atoms with E-state index in [1.165, 1.54) is 4.90 Å². The van der Waals surface area contributed by atoms with Crippen LogP contribution >= 0.6 is 0 Å². The number of halogens is 4. The number of aromatic nitrogens is 1. The molecule has 3 heterocycles. The normalized spacial score (nSPS) is 22.4. The SMILES string of the molecule is Cc1cc2c(F)c(O/C3=C(C#N)/C(Nc4ccc(N5CCN(CC(F)(F)F)CC5)cc4)=N\C=C\CC3C)ccc2[nH]1. The van der Waals surface area contributed by atoms with E-state index >= 15 is 4.39 Å². The largest absolute Gasteiger partial charge is 0.457 e. The highest BCUT2D eigenvalue weighted by molar-refractivity contribution is 6.11. The lowest BCUT2D eigenvalue weighted by molar-refractivity contribution is -0.146. The van der Waals surface area contributed by atoms with E-state index in [1.807, 2.05) is 49.1 Å². The molecular formula is C30H30F4N6O. The summed E-state index contributed by atoms with van der Waals surface area (Å²) in [6.07, 6.45) is -0.167. The van der Waals surface area contributed by atoms with Crippen LogP contribution in [0.2, 0.25) is 0 Å². The number of rotatable bonds is 5. The molecule has 0 saturated carbocycles. The van der Waals surface area contributed by atoms with Crippen LogP contribution in [0.1, 0.15) is 19.0 Å². The quantitative estimate of drug-likeness (QED) is 0.344. The van der Waals surface area contributed by atoms with Crippen molar-refractivity contribution in [1.29, 1.82) is 5.26 Å². The molecule has 214 valence electrons. The van der Waals surface area contributed by atoms with Crippen molar-refractivity contribution in [3.63, 3.8) is 0 Å². The van der Waals surface area contributed by atoms with Crippen molar-refractivity contribution in [2.24, 2.45) is 10.9 Å². The van der Waals surface area contributed by atoms with Crippen molar-refractivity contribution in [3.8, 4) is 11.8 Å². The number of piperazine rings is 1. The Labute approximate surface area is 235 Å². The van der Waals surface area contributed by atoms with Crippen LogP contribution in [0.3, 0.4) is 0 Å². The predicted octanol–water partition coefficient (Wildman–Crippen LogP) is 6.52. The summed E-state index contributed by atoms with van der Waals surface area (Å²) in [6.45, 7) is 4.50. The summed E-state index contributed by atoms with van der Waals surface area (Å²) < 4.78 is 59.5. The summed E-state index contributed by atoms with van der Waals surface area (Å²) in [7, 11) is 0. The number of aryl methyl sites for hydroxylation is 1. The number of alkyl halides is 3. The summed E-state index contributed by atoms with van der Waals surface area (Å²) in [4.78, 5) is 11.0. The number of fused-ring (bicyclic) bond motifs is 1. The molecule has 1 aromatic heterocycles. The minimum Gasteiger partial charge on any atom is -0.457 e. The number of amidine groups is 1. The number of anilines is 2. The molecular weight excluding hydrogens is 536 g/mol. The fourth-order valence-corrected chi connectivity index (χ4v) is 5.08. The average molecular weight is 567 g/mol. The predicted molar refractivity (Wildman–Crippen MR) is 151 cm³/mol. The molecule has 1 saturated heterocycles. The van der Waals surface area contributed by atoms with Crippen LogP contribution in [0.5, 0.6) is 5.75 Å². The van der Waals surface area contributed by atoms with E-state index in [2.05, 4.69) is 21.4 Å². The van der Waals surface area contributed by atoms with E-state index in [9.17, 15) is 18.4 Å². The molecule has 0 spiro atoms. The van der Waals surface area contributed by atoms with Crippen molar-refractivity contribution >= 4 is 28.1 Å². The Morgan fingerprint density at radius 2 is 1.85 bits per heavy atom. The van der Waals surface area contributed by atoms with Gasteiger partial charge in [0.15, 0.2) is 17.4 Å². The zero-order valence-electron chi connectivity index (χ0n) is 22.7. The zero-order chi connectivity index (χ0) is 29.1. The average Bonchev–Trinajstić information content (AvgIpc) is 3.32. The number of hydrogen-bond donors (Lipinski definition) is 2. The number of ether oxygens (including phenoxy) is 1. The summed E-state index contributed by atoms with van der Waals surface area (Å²) in [5.74, 6) is -0.146. The van der Waals surface area contributed by atoms with E-state index in [1.54, 1.807) is 24.4 Å². The first-order chi connectivity index (χ1) is 19.6. The fraction of sp³-hybridized carbons (Fsp3) is 0.333. The lowest BCUT2D eigenvalue weighted by Crippen LogP contribution is -2.49. The standard InChI is InChI=1S/C30H30F4N6O/c1-19-4-3-11-36-29(24(17-35)28(19)41-26-10-9-25-23(27(26)31)16-20(2)37-25)38-21-5-7-22(8-6-21)40-14-12-39(13-15-40)18-30(32,33)34/h3,5-11,16,19,37H,4,12-15,18H2,1-2H3,(H,36,38)/b11-3+,28-24+. The Morgan fingerprint density at radius 1 is 1.12 bits per heavy atom. The molecule has 0 aliphatic carbocycles. The van der Waals surface area contributed by atoms with Gasteiger partial charge in [-0.25, -0.2) is 9.38 Å². The number of nitriles is 1. The van der Waals surface area contributed by atoms with Crippen LogP contribution in [-0.2, 0) is 0 Å². The van der Waals surface area contributed by atoms with Crippen molar-refractivity contribution in [3.05, 3.63) is 77.6 Å². The molecule has 2 aliphatic heterocycles. The number of H-pyrrole nitrogens is 1. The number of hydrogen-bond acceptors (Lipinski definition) is 6. The maximum absolute atomic E-state index is 15.3. The highest BCUT2D eigenvalue weighted by Crippen LogP contribution is 2.32. The second-order valence-electron chi connectivity index (χ2n) is 10.3. The minimum absolute atomic E-state index is 0.0229.